The van der Waals surface area contributed by atoms with E-state index in [9.17, 15) is 9.59 Å². The molecule has 4 N–H and O–H groups in total. The Morgan fingerprint density at radius 1 is 1.18 bits per heavy atom. The Kier molecular flexibility index (Phi) is 6.85. The van der Waals surface area contributed by atoms with Crippen LogP contribution in [0.25, 0.3) is 0 Å². The van der Waals surface area contributed by atoms with Gasteiger partial charge in [0.05, 0.1) is 6.21 Å². The molecule has 0 bridgehead atoms. The average Bonchev–Trinajstić information content (AvgIpc) is 2.49. The molecule has 22 heavy (non-hydrogen) atoms. The van der Waals surface area contributed by atoms with Crippen molar-refractivity contribution in [2.75, 3.05) is 6.61 Å². The molecule has 1 aromatic carbocycles. The Labute approximate surface area is 141 Å². The number of rotatable bonds is 4. The molecule has 11 heteroatoms. The van der Waals surface area contributed by atoms with Crippen LogP contribution in [0.5, 0.6) is 0 Å². The molecule has 0 spiro atoms. The number of alkyl halides is 3. The Hall–Kier alpha value is -1.58. The number of carbonyl (C=O) groups excluding carboxylic acids is 2. The number of amides is 2. The van der Waals surface area contributed by atoms with E-state index < -0.39 is 22.2 Å². The first-order chi connectivity index (χ1) is 10.2. The Morgan fingerprint density at radius 3 is 2.32 bits per heavy atom. The summed E-state index contributed by atoms with van der Waals surface area (Å²) in [5.41, 5.74) is 0.770. The first kappa shape index (κ1) is 18.5. The number of oxime groups is 1. The second kappa shape index (κ2) is 8.16. The van der Waals surface area contributed by atoms with Gasteiger partial charge in [-0.3, -0.25) is 9.59 Å². The molecular weight excluding hydrogens is 357 g/mol. The van der Waals surface area contributed by atoms with Crippen molar-refractivity contribution in [2.24, 2.45) is 16.8 Å². The highest BCUT2D eigenvalue weighted by molar-refractivity contribution is 6.76. The van der Waals surface area contributed by atoms with Crippen molar-refractivity contribution in [1.29, 1.82) is 0 Å². The molecule has 1 aromatic rings. The van der Waals surface area contributed by atoms with Gasteiger partial charge in [0, 0.05) is 0 Å². The smallest absolute Gasteiger partial charge is 0.309 e. The number of hydrogen-bond donors (Lipinski definition) is 2. The third kappa shape index (κ3) is 5.66. The minimum absolute atomic E-state index is 0.166. The Morgan fingerprint density at radius 2 is 1.77 bits per heavy atom. The van der Waals surface area contributed by atoms with Crippen LogP contribution >= 0.6 is 34.8 Å². The molecule has 0 fully saturated rings. The van der Waals surface area contributed by atoms with Gasteiger partial charge >= 0.3 is 5.91 Å². The molecule has 0 saturated carbocycles. The molecule has 0 aliphatic heterocycles. The summed E-state index contributed by atoms with van der Waals surface area (Å²) in [6, 6.07) is 9.02. The number of benzene rings is 1. The van der Waals surface area contributed by atoms with Gasteiger partial charge in [0.25, 0.3) is 9.70 Å². The first-order valence-corrected chi connectivity index (χ1v) is 6.81. The van der Waals surface area contributed by atoms with Crippen molar-refractivity contribution in [1.82, 2.24) is 10.2 Å². The molecule has 0 atom stereocenters. The van der Waals surface area contributed by atoms with Crippen LogP contribution in [0.4, 0.5) is 0 Å². The summed E-state index contributed by atoms with van der Waals surface area (Å²) in [6.45, 7) is -0.569. The van der Waals surface area contributed by atoms with Crippen LogP contribution in [0.15, 0.2) is 35.5 Å². The van der Waals surface area contributed by atoms with E-state index in [1.54, 1.807) is 12.1 Å². The van der Waals surface area contributed by atoms with Crippen molar-refractivity contribution in [3.8, 4) is 0 Å². The van der Waals surface area contributed by atoms with Crippen LogP contribution in [-0.2, 0) is 14.4 Å². The zero-order chi connectivity index (χ0) is 16.8. The largest absolute Gasteiger partial charge is 0.386 e. The summed E-state index contributed by atoms with van der Waals surface area (Å²) >= 11 is 16.0. The summed E-state index contributed by atoms with van der Waals surface area (Å²) in [4.78, 5) is 27.9. The number of halogens is 3. The molecule has 0 unspecified atom stereocenters. The standard InChI is InChI=1S/C11H12Cl3N5O3/c12-11(13,14)10(21)19(16)18(15)9(20)7-22-17-6-8-4-2-1-3-5-8/h1-6H,7,15-16H2. The topological polar surface area (TPSA) is 114 Å². The van der Waals surface area contributed by atoms with E-state index >= 15 is 0 Å². The highest BCUT2D eigenvalue weighted by Crippen LogP contribution is 2.27. The van der Waals surface area contributed by atoms with Crippen LogP contribution in [0.3, 0.4) is 0 Å². The maximum absolute atomic E-state index is 11.6. The van der Waals surface area contributed by atoms with Gasteiger partial charge in [-0.05, 0) is 5.56 Å². The van der Waals surface area contributed by atoms with E-state index in [1.807, 2.05) is 18.2 Å². The molecule has 0 aromatic heterocycles. The normalized spacial score (nSPS) is 11.3. The van der Waals surface area contributed by atoms with Crippen LogP contribution in [-0.4, -0.2) is 38.7 Å². The molecule has 2 amide bonds. The molecule has 0 heterocycles. The maximum Gasteiger partial charge on any atom is 0.309 e. The van der Waals surface area contributed by atoms with E-state index in [-0.39, 0.29) is 10.2 Å². The van der Waals surface area contributed by atoms with Gasteiger partial charge in [-0.15, -0.1) is 0 Å². The number of nitrogens with zero attached hydrogens (tertiary/aromatic N) is 3. The van der Waals surface area contributed by atoms with Crippen LogP contribution in [0, 0.1) is 0 Å². The lowest BCUT2D eigenvalue weighted by Crippen LogP contribution is -2.60. The molecule has 120 valence electrons. The summed E-state index contributed by atoms with van der Waals surface area (Å²) < 4.78 is -2.35. The lowest BCUT2D eigenvalue weighted by atomic mass is 10.2. The number of nitrogens with two attached hydrogens (primary N) is 2. The fourth-order valence-corrected chi connectivity index (χ4v) is 1.40. The van der Waals surface area contributed by atoms with Crippen LogP contribution in [0.1, 0.15) is 5.56 Å². The number of hydrogen-bond acceptors (Lipinski definition) is 6. The van der Waals surface area contributed by atoms with Crippen molar-refractivity contribution in [3.05, 3.63) is 35.9 Å². The van der Waals surface area contributed by atoms with E-state index in [0.717, 1.165) is 5.56 Å². The third-order valence-corrected chi connectivity index (χ3v) is 2.69. The Balaban J connectivity index is 2.48. The highest BCUT2D eigenvalue weighted by Gasteiger charge is 2.37. The summed E-state index contributed by atoms with van der Waals surface area (Å²) in [6.07, 6.45) is 1.39. The molecule has 1 rings (SSSR count). The van der Waals surface area contributed by atoms with E-state index in [0.29, 0.717) is 0 Å². The second-order valence-corrected chi connectivity index (χ2v) is 6.09. The Bertz CT molecular complexity index is 550. The van der Waals surface area contributed by atoms with Gasteiger partial charge in [-0.25, -0.2) is 11.7 Å². The number of hydrazine groups is 3. The van der Waals surface area contributed by atoms with Crippen molar-refractivity contribution in [3.63, 3.8) is 0 Å². The predicted octanol–water partition coefficient (Wildman–Crippen LogP) is 0.727. The molecule has 0 radical (unpaired) electrons. The SMILES string of the molecule is NN(C(=O)CON=Cc1ccccc1)N(N)C(=O)C(Cl)(Cl)Cl. The van der Waals surface area contributed by atoms with Gasteiger partial charge in [0.2, 0.25) is 0 Å². The van der Waals surface area contributed by atoms with E-state index in [1.165, 1.54) is 6.21 Å². The van der Waals surface area contributed by atoms with Gasteiger partial charge < -0.3 is 4.84 Å². The minimum atomic E-state index is -2.35. The van der Waals surface area contributed by atoms with Crippen molar-refractivity contribution >= 4 is 52.8 Å². The molecule has 0 aliphatic carbocycles. The first-order valence-electron chi connectivity index (χ1n) is 5.67. The molecular formula is C11H12Cl3N5O3. The van der Waals surface area contributed by atoms with Gasteiger partial charge in [-0.2, -0.15) is 10.2 Å². The summed E-state index contributed by atoms with van der Waals surface area (Å²) in [5.74, 6) is 8.48. The van der Waals surface area contributed by atoms with E-state index in [2.05, 4.69) is 5.16 Å². The van der Waals surface area contributed by atoms with E-state index in [4.69, 9.17) is 51.3 Å². The lowest BCUT2D eigenvalue weighted by molar-refractivity contribution is -0.167. The number of carbonyl (C=O) groups is 2. The fraction of sp³-hybridized carbons (Fsp3) is 0.182. The molecule has 8 nitrogen and oxygen atoms in total. The van der Waals surface area contributed by atoms with Crippen molar-refractivity contribution in [2.45, 2.75) is 3.79 Å². The molecule has 0 saturated heterocycles. The van der Waals surface area contributed by atoms with Crippen LogP contribution in [0.2, 0.25) is 0 Å². The monoisotopic (exact) mass is 367 g/mol. The average molecular weight is 369 g/mol. The predicted molar refractivity (Wildman–Crippen MR) is 82.3 cm³/mol. The summed E-state index contributed by atoms with van der Waals surface area (Å²) in [5, 5.41) is 3.98. The maximum atomic E-state index is 11.6. The van der Waals surface area contributed by atoms with Gasteiger partial charge in [-0.1, -0.05) is 70.3 Å². The van der Waals surface area contributed by atoms with Crippen LogP contribution < -0.4 is 11.7 Å². The quantitative estimate of drug-likeness (QED) is 0.267. The highest BCUT2D eigenvalue weighted by atomic mass is 35.6. The third-order valence-electron chi connectivity index (χ3n) is 2.20. The fourth-order valence-electron chi connectivity index (χ4n) is 1.14. The van der Waals surface area contributed by atoms with Gasteiger partial charge in [0.15, 0.2) is 6.61 Å². The molecule has 0 aliphatic rings. The zero-order valence-corrected chi connectivity index (χ0v) is 13.3. The lowest BCUT2D eigenvalue weighted by Gasteiger charge is -2.27. The van der Waals surface area contributed by atoms with Gasteiger partial charge in [0.1, 0.15) is 0 Å². The summed E-state index contributed by atoms with van der Waals surface area (Å²) in [7, 11) is 0. The zero-order valence-electron chi connectivity index (χ0n) is 11.0. The minimum Gasteiger partial charge on any atom is -0.386 e. The van der Waals surface area contributed by atoms with Crippen molar-refractivity contribution < 1.29 is 14.4 Å². The second-order valence-electron chi connectivity index (χ2n) is 3.80.